The van der Waals surface area contributed by atoms with Crippen LogP contribution in [0.5, 0.6) is 0 Å². The average Bonchev–Trinajstić information content (AvgIpc) is 2.81. The second-order valence-corrected chi connectivity index (χ2v) is 5.48. The summed E-state index contributed by atoms with van der Waals surface area (Å²) in [6, 6.07) is 0.569. The molecule has 0 bridgehead atoms. The quantitative estimate of drug-likeness (QED) is 0.823. The predicted octanol–water partition coefficient (Wildman–Crippen LogP) is 1.12. The minimum atomic E-state index is 0.569. The predicted molar refractivity (Wildman–Crippen MR) is 72.2 cm³/mol. The Hall–Kier alpha value is -0.940. The molecule has 1 unspecified atom stereocenters. The molecule has 0 amide bonds. The van der Waals surface area contributed by atoms with Gasteiger partial charge in [-0.15, -0.1) is 10.2 Å². The van der Waals surface area contributed by atoms with E-state index in [0.717, 1.165) is 38.5 Å². The first kappa shape index (κ1) is 13.5. The van der Waals surface area contributed by atoms with Crippen molar-refractivity contribution in [3.63, 3.8) is 0 Å². The molecular weight excluding hydrogens is 226 g/mol. The third kappa shape index (κ3) is 3.29. The molecule has 0 fully saturated rings. The van der Waals surface area contributed by atoms with Gasteiger partial charge in [0.2, 0.25) is 0 Å². The van der Waals surface area contributed by atoms with Crippen LogP contribution in [0.1, 0.15) is 33.0 Å². The second kappa shape index (κ2) is 6.29. The zero-order chi connectivity index (χ0) is 13.0. The third-order valence-corrected chi connectivity index (χ3v) is 3.63. The fourth-order valence-corrected chi connectivity index (χ4v) is 2.39. The molecule has 0 aromatic carbocycles. The van der Waals surface area contributed by atoms with E-state index in [9.17, 15) is 0 Å². The molecule has 18 heavy (non-hydrogen) atoms. The first-order valence-electron chi connectivity index (χ1n) is 7.03. The van der Waals surface area contributed by atoms with Crippen molar-refractivity contribution in [2.75, 3.05) is 19.6 Å². The van der Waals surface area contributed by atoms with Gasteiger partial charge < -0.3 is 9.88 Å². The minimum absolute atomic E-state index is 0.569. The Labute approximate surface area is 110 Å². The lowest BCUT2D eigenvalue weighted by Gasteiger charge is -2.32. The Bertz CT molecular complexity index is 360. The summed E-state index contributed by atoms with van der Waals surface area (Å²) in [6.45, 7) is 12.0. The van der Waals surface area contributed by atoms with Crippen LogP contribution in [0.15, 0.2) is 6.33 Å². The largest absolute Gasteiger partial charge is 0.315 e. The van der Waals surface area contributed by atoms with Gasteiger partial charge in [-0.25, -0.2) is 0 Å². The van der Waals surface area contributed by atoms with E-state index in [1.807, 2.05) is 6.33 Å². The number of nitrogens with zero attached hydrogens (tertiary/aromatic N) is 4. The fraction of sp³-hybridized carbons (Fsp3) is 0.846. The molecule has 102 valence electrons. The Morgan fingerprint density at radius 2 is 2.22 bits per heavy atom. The van der Waals surface area contributed by atoms with Gasteiger partial charge in [-0.1, -0.05) is 20.8 Å². The maximum absolute atomic E-state index is 4.17. The molecule has 1 aliphatic rings. The summed E-state index contributed by atoms with van der Waals surface area (Å²) in [5, 5.41) is 11.8. The van der Waals surface area contributed by atoms with Gasteiger partial charge >= 0.3 is 0 Å². The van der Waals surface area contributed by atoms with Crippen LogP contribution < -0.4 is 5.32 Å². The van der Waals surface area contributed by atoms with Crippen LogP contribution in [0.2, 0.25) is 0 Å². The van der Waals surface area contributed by atoms with Crippen LogP contribution in [0.3, 0.4) is 0 Å². The van der Waals surface area contributed by atoms with Gasteiger partial charge in [0.25, 0.3) is 0 Å². The lowest BCUT2D eigenvalue weighted by atomic mass is 10.0. The van der Waals surface area contributed by atoms with Gasteiger partial charge in [0.05, 0.1) is 6.54 Å². The van der Waals surface area contributed by atoms with Crippen molar-refractivity contribution < 1.29 is 0 Å². The van der Waals surface area contributed by atoms with E-state index >= 15 is 0 Å². The van der Waals surface area contributed by atoms with E-state index < -0.39 is 0 Å². The van der Waals surface area contributed by atoms with Gasteiger partial charge in [0.1, 0.15) is 12.2 Å². The number of aromatic nitrogens is 3. The van der Waals surface area contributed by atoms with Gasteiger partial charge in [-0.3, -0.25) is 4.90 Å². The van der Waals surface area contributed by atoms with Crippen molar-refractivity contribution in [2.24, 2.45) is 5.92 Å². The molecule has 5 heteroatoms. The summed E-state index contributed by atoms with van der Waals surface area (Å²) in [5.74, 6) is 1.76. The highest BCUT2D eigenvalue weighted by atomic mass is 15.3. The summed E-state index contributed by atoms with van der Waals surface area (Å²) < 4.78 is 2.15. The Balaban J connectivity index is 1.88. The number of rotatable bonds is 6. The molecule has 1 aromatic rings. The summed E-state index contributed by atoms with van der Waals surface area (Å²) >= 11 is 0. The molecule has 5 nitrogen and oxygen atoms in total. The number of fused-ring (bicyclic) bond motifs is 1. The molecular formula is C13H25N5. The van der Waals surface area contributed by atoms with Crippen LogP contribution >= 0.6 is 0 Å². The van der Waals surface area contributed by atoms with Gasteiger partial charge in [0, 0.05) is 25.7 Å². The van der Waals surface area contributed by atoms with Crippen LogP contribution in [0.4, 0.5) is 0 Å². The molecule has 0 spiro atoms. The Morgan fingerprint density at radius 3 is 2.94 bits per heavy atom. The highest BCUT2D eigenvalue weighted by molar-refractivity contribution is 4.91. The number of hydrogen-bond donors (Lipinski definition) is 1. The fourth-order valence-electron chi connectivity index (χ4n) is 2.39. The van der Waals surface area contributed by atoms with E-state index in [1.165, 1.54) is 6.42 Å². The lowest BCUT2D eigenvalue weighted by Crippen LogP contribution is -2.46. The first-order valence-corrected chi connectivity index (χ1v) is 7.03. The molecule has 0 saturated heterocycles. The van der Waals surface area contributed by atoms with E-state index in [0.29, 0.717) is 12.0 Å². The molecule has 1 atom stereocenters. The average molecular weight is 251 g/mol. The van der Waals surface area contributed by atoms with Gasteiger partial charge in [0.15, 0.2) is 0 Å². The summed E-state index contributed by atoms with van der Waals surface area (Å²) in [7, 11) is 0. The molecule has 2 heterocycles. The summed E-state index contributed by atoms with van der Waals surface area (Å²) in [4.78, 5) is 2.48. The SMILES string of the molecule is CCCNC(CN1CCn2cnnc2C1)C(C)C. The molecule has 1 aromatic heterocycles. The van der Waals surface area contributed by atoms with Crippen molar-refractivity contribution in [3.8, 4) is 0 Å². The molecule has 0 saturated carbocycles. The molecule has 2 rings (SSSR count). The van der Waals surface area contributed by atoms with Crippen molar-refractivity contribution in [1.29, 1.82) is 0 Å². The zero-order valence-electron chi connectivity index (χ0n) is 11.8. The minimum Gasteiger partial charge on any atom is -0.315 e. The summed E-state index contributed by atoms with van der Waals surface area (Å²) in [6.07, 6.45) is 3.03. The topological polar surface area (TPSA) is 46.0 Å². The smallest absolute Gasteiger partial charge is 0.147 e. The Morgan fingerprint density at radius 1 is 1.39 bits per heavy atom. The van der Waals surface area contributed by atoms with E-state index in [-0.39, 0.29) is 0 Å². The van der Waals surface area contributed by atoms with E-state index in [2.05, 4.69) is 45.8 Å². The number of nitrogens with one attached hydrogen (secondary N) is 1. The van der Waals surface area contributed by atoms with Crippen LogP contribution in [-0.2, 0) is 13.1 Å². The lowest BCUT2D eigenvalue weighted by molar-refractivity contribution is 0.178. The summed E-state index contributed by atoms with van der Waals surface area (Å²) in [5.41, 5.74) is 0. The second-order valence-electron chi connectivity index (χ2n) is 5.48. The van der Waals surface area contributed by atoms with E-state index in [1.54, 1.807) is 0 Å². The first-order chi connectivity index (χ1) is 8.70. The van der Waals surface area contributed by atoms with Crippen molar-refractivity contribution in [2.45, 2.75) is 46.3 Å². The monoisotopic (exact) mass is 251 g/mol. The highest BCUT2D eigenvalue weighted by Gasteiger charge is 2.21. The maximum Gasteiger partial charge on any atom is 0.147 e. The standard InChI is InChI=1S/C13H25N5/c1-4-5-14-12(11(2)3)8-17-6-7-18-10-15-16-13(18)9-17/h10-12,14H,4-9H2,1-3H3. The molecule has 0 aliphatic carbocycles. The molecule has 1 aliphatic heterocycles. The molecule has 1 N–H and O–H groups in total. The van der Waals surface area contributed by atoms with Gasteiger partial charge in [-0.05, 0) is 18.9 Å². The number of hydrogen-bond acceptors (Lipinski definition) is 4. The van der Waals surface area contributed by atoms with Crippen molar-refractivity contribution in [1.82, 2.24) is 25.0 Å². The third-order valence-electron chi connectivity index (χ3n) is 3.63. The van der Waals surface area contributed by atoms with E-state index in [4.69, 9.17) is 0 Å². The molecule has 0 radical (unpaired) electrons. The van der Waals surface area contributed by atoms with Gasteiger partial charge in [-0.2, -0.15) is 0 Å². The zero-order valence-corrected chi connectivity index (χ0v) is 11.8. The maximum atomic E-state index is 4.17. The van der Waals surface area contributed by atoms with Crippen LogP contribution in [-0.4, -0.2) is 45.3 Å². The normalized spacial score (nSPS) is 18.0. The Kier molecular flexibility index (Phi) is 4.72. The van der Waals surface area contributed by atoms with Crippen LogP contribution in [0, 0.1) is 5.92 Å². The van der Waals surface area contributed by atoms with Crippen molar-refractivity contribution >= 4 is 0 Å². The van der Waals surface area contributed by atoms with Crippen molar-refractivity contribution in [3.05, 3.63) is 12.2 Å². The van der Waals surface area contributed by atoms with Crippen LogP contribution in [0.25, 0.3) is 0 Å². The highest BCUT2D eigenvalue weighted by Crippen LogP contribution is 2.12.